The first kappa shape index (κ1) is 18.5. The van der Waals surface area contributed by atoms with E-state index >= 15 is 0 Å². The van der Waals surface area contributed by atoms with Crippen LogP contribution in [0.2, 0.25) is 0 Å². The Hall–Kier alpha value is -0.487. The summed E-state index contributed by atoms with van der Waals surface area (Å²) in [5, 5.41) is 2.72. The van der Waals surface area contributed by atoms with Crippen molar-refractivity contribution < 1.29 is 51.0 Å². The van der Waals surface area contributed by atoms with Crippen LogP contribution in [0.3, 0.4) is 0 Å². The van der Waals surface area contributed by atoms with Gasteiger partial charge in [0.05, 0.1) is 0 Å². The average molecular weight is 367 g/mol. The fourth-order valence-electron chi connectivity index (χ4n) is 2.18. The molecular weight excluding hydrogens is 354 g/mol. The molecule has 0 unspecified atom stereocenters. The van der Waals surface area contributed by atoms with Gasteiger partial charge in [-0.3, -0.25) is 0 Å². The summed E-state index contributed by atoms with van der Waals surface area (Å²) < 4.78 is 0. The second-order valence-corrected chi connectivity index (χ2v) is 4.11. The van der Waals surface area contributed by atoms with Crippen molar-refractivity contribution in [1.29, 1.82) is 0 Å². The molecule has 3 aromatic carbocycles. The molecule has 0 aliphatic heterocycles. The molecule has 0 aliphatic rings. The fourth-order valence-corrected chi connectivity index (χ4v) is 2.18. The van der Waals surface area contributed by atoms with E-state index in [1.54, 1.807) is 0 Å². The minimum absolute atomic E-state index is 0. The van der Waals surface area contributed by atoms with Crippen molar-refractivity contribution >= 4 is 10.8 Å². The minimum Gasteiger partial charge on any atom is -1.00 e. The van der Waals surface area contributed by atoms with Crippen LogP contribution in [-0.2, 0) is 32.6 Å². The van der Waals surface area contributed by atoms with Crippen LogP contribution < -0.4 is 24.8 Å². The Morgan fingerprint density at radius 2 is 1.42 bits per heavy atom. The number of hydrogen-bond acceptors (Lipinski definition) is 0. The Bertz CT molecular complexity index is 602. The first-order valence-electron chi connectivity index (χ1n) is 5.61. The van der Waals surface area contributed by atoms with Gasteiger partial charge >= 0.3 is 26.2 Å². The van der Waals surface area contributed by atoms with Gasteiger partial charge in [-0.2, -0.15) is 0 Å². The van der Waals surface area contributed by atoms with E-state index < -0.39 is 0 Å². The third-order valence-corrected chi connectivity index (χ3v) is 3.01. The van der Waals surface area contributed by atoms with Crippen LogP contribution >= 0.6 is 0 Å². The largest absolute Gasteiger partial charge is 3.00 e. The molecule has 0 nitrogen and oxygen atoms in total. The average Bonchev–Trinajstić information content (AvgIpc) is 2.74. The van der Waals surface area contributed by atoms with Crippen molar-refractivity contribution in [3.05, 3.63) is 77.9 Å². The Morgan fingerprint density at radius 3 is 2.16 bits per heavy atom. The number of benzene rings is 2. The fraction of sp³-hybridized carbons (Fsp3) is 0.0625. The van der Waals surface area contributed by atoms with Crippen LogP contribution in [0.25, 0.3) is 10.8 Å². The molecule has 0 N–H and O–H groups in total. The molecule has 1 radical (unpaired) electrons. The molecule has 19 heavy (non-hydrogen) atoms. The summed E-state index contributed by atoms with van der Waals surface area (Å²) in [6.07, 6.45) is 1.02. The van der Waals surface area contributed by atoms with Crippen molar-refractivity contribution in [3.8, 4) is 0 Å². The van der Waals surface area contributed by atoms with E-state index in [0.29, 0.717) is 0 Å². The van der Waals surface area contributed by atoms with Crippen molar-refractivity contribution in [2.45, 2.75) is 6.42 Å². The third kappa shape index (κ3) is 4.24. The SMILES string of the molecule is [Cl-].[Cl-].[Zr+3].c1ccc(Cc2c[cH-]c3ccccc23)cc1. The molecular formula is C16H13Cl2Zr. The molecule has 3 heteroatoms. The van der Waals surface area contributed by atoms with E-state index in [9.17, 15) is 0 Å². The van der Waals surface area contributed by atoms with Gasteiger partial charge in [-0.25, -0.2) is 0 Å². The standard InChI is InChI=1S/C16H13.2ClH.Zr/c1-2-6-13(7-3-1)12-15-11-10-14-8-4-5-9-16(14)15;;;/h1-11H,12H2;2*1H;/q-1;;;+3/p-2. The molecule has 0 saturated carbocycles. The van der Waals surface area contributed by atoms with Gasteiger partial charge in [-0.05, 0) is 6.42 Å². The predicted octanol–water partition coefficient (Wildman–Crippen LogP) is -1.84. The summed E-state index contributed by atoms with van der Waals surface area (Å²) in [6, 6.07) is 23.6. The molecule has 0 amide bonds. The Morgan fingerprint density at radius 1 is 0.789 bits per heavy atom. The summed E-state index contributed by atoms with van der Waals surface area (Å²) in [4.78, 5) is 0. The molecule has 3 aromatic rings. The molecule has 0 spiro atoms. The molecule has 95 valence electrons. The second kappa shape index (κ2) is 8.64. The molecule has 0 saturated heterocycles. The van der Waals surface area contributed by atoms with Crippen LogP contribution in [0.15, 0.2) is 66.7 Å². The van der Waals surface area contributed by atoms with Crippen molar-refractivity contribution in [2.75, 3.05) is 0 Å². The quantitative estimate of drug-likeness (QED) is 0.467. The minimum atomic E-state index is 0. The Labute approximate surface area is 145 Å². The maximum absolute atomic E-state index is 2.23. The van der Waals surface area contributed by atoms with Crippen molar-refractivity contribution in [2.24, 2.45) is 0 Å². The first-order valence-corrected chi connectivity index (χ1v) is 5.61. The van der Waals surface area contributed by atoms with Gasteiger partial charge in [0.1, 0.15) is 0 Å². The topological polar surface area (TPSA) is 0 Å². The van der Waals surface area contributed by atoms with Crippen LogP contribution in [0.4, 0.5) is 0 Å². The van der Waals surface area contributed by atoms with Crippen molar-refractivity contribution in [3.63, 3.8) is 0 Å². The summed E-state index contributed by atoms with van der Waals surface area (Å²) >= 11 is 0. The van der Waals surface area contributed by atoms with Gasteiger partial charge in [0.2, 0.25) is 0 Å². The van der Waals surface area contributed by atoms with E-state index in [-0.39, 0.29) is 51.0 Å². The van der Waals surface area contributed by atoms with E-state index in [4.69, 9.17) is 0 Å². The summed E-state index contributed by atoms with van der Waals surface area (Å²) in [5.41, 5.74) is 2.79. The third-order valence-electron chi connectivity index (χ3n) is 3.01. The van der Waals surface area contributed by atoms with Gasteiger partial charge in [-0.15, -0.1) is 46.7 Å². The zero-order chi connectivity index (χ0) is 10.8. The smallest absolute Gasteiger partial charge is 1.00 e. The summed E-state index contributed by atoms with van der Waals surface area (Å²) in [7, 11) is 0. The number of hydrogen-bond donors (Lipinski definition) is 0. The first-order chi connectivity index (χ1) is 7.93. The van der Waals surface area contributed by atoms with Gasteiger partial charge in [0, 0.05) is 0 Å². The van der Waals surface area contributed by atoms with E-state index in [0.717, 1.165) is 6.42 Å². The number of fused-ring (bicyclic) bond motifs is 1. The number of halogens is 2. The Balaban J connectivity index is 0.00000108. The maximum Gasteiger partial charge on any atom is 3.00 e. The van der Waals surface area contributed by atoms with E-state index in [1.165, 1.54) is 21.9 Å². The van der Waals surface area contributed by atoms with Crippen LogP contribution in [0.1, 0.15) is 11.1 Å². The second-order valence-electron chi connectivity index (χ2n) is 4.11. The van der Waals surface area contributed by atoms with Gasteiger partial charge in [0.25, 0.3) is 0 Å². The monoisotopic (exact) mass is 365 g/mol. The van der Waals surface area contributed by atoms with Crippen LogP contribution in [-0.4, -0.2) is 0 Å². The van der Waals surface area contributed by atoms with Gasteiger partial charge in [0.15, 0.2) is 0 Å². The molecule has 0 heterocycles. The summed E-state index contributed by atoms with van der Waals surface area (Å²) in [5.74, 6) is 0. The Kier molecular flexibility index (Phi) is 8.42. The summed E-state index contributed by atoms with van der Waals surface area (Å²) in [6.45, 7) is 0. The molecule has 3 rings (SSSR count). The van der Waals surface area contributed by atoms with Gasteiger partial charge < -0.3 is 24.8 Å². The van der Waals surface area contributed by atoms with Crippen LogP contribution in [0, 0.1) is 0 Å². The molecule has 0 aromatic heterocycles. The molecule has 0 atom stereocenters. The normalized spacial score (nSPS) is 9.05. The molecule has 0 aliphatic carbocycles. The molecule has 0 bridgehead atoms. The van der Waals surface area contributed by atoms with E-state index in [2.05, 4.69) is 66.7 Å². The zero-order valence-corrected chi connectivity index (χ0v) is 14.3. The van der Waals surface area contributed by atoms with Crippen LogP contribution in [0.5, 0.6) is 0 Å². The zero-order valence-electron chi connectivity index (χ0n) is 10.3. The number of rotatable bonds is 2. The predicted molar refractivity (Wildman–Crippen MR) is 68.8 cm³/mol. The van der Waals surface area contributed by atoms with Gasteiger partial charge in [-0.1, -0.05) is 42.0 Å². The molecule has 0 fully saturated rings. The van der Waals surface area contributed by atoms with E-state index in [1.807, 2.05) is 0 Å². The maximum atomic E-state index is 2.23. The van der Waals surface area contributed by atoms with Crippen molar-refractivity contribution in [1.82, 2.24) is 0 Å².